The Morgan fingerprint density at radius 1 is 1.26 bits per heavy atom. The highest BCUT2D eigenvalue weighted by molar-refractivity contribution is 7.80. The van der Waals surface area contributed by atoms with Crippen molar-refractivity contribution in [2.75, 3.05) is 5.32 Å². The standard InChI is InChI=1S/C16H12BClN2O2S/c17-8-1-3-10(16(21)22)13(5-8)20-15-11-6-9(18)2-4-12(11)19-7-14(15)23/h1-7,23H,17H2,(H,19,20)(H,21,22). The van der Waals surface area contributed by atoms with Crippen molar-refractivity contribution in [2.45, 2.75) is 4.90 Å². The summed E-state index contributed by atoms with van der Waals surface area (Å²) in [4.78, 5) is 16.4. The Bertz CT molecular complexity index is 928. The first-order chi connectivity index (χ1) is 11.0. The summed E-state index contributed by atoms with van der Waals surface area (Å²) in [7, 11) is 1.90. The van der Waals surface area contributed by atoms with Gasteiger partial charge in [-0.05, 0) is 30.3 Å². The summed E-state index contributed by atoms with van der Waals surface area (Å²) >= 11 is 10.5. The second-order valence-corrected chi connectivity index (χ2v) is 6.08. The summed E-state index contributed by atoms with van der Waals surface area (Å²) in [6.45, 7) is 0. The number of carboxylic acids is 1. The summed E-state index contributed by atoms with van der Waals surface area (Å²) in [5, 5.41) is 13.9. The van der Waals surface area contributed by atoms with Crippen LogP contribution in [0.1, 0.15) is 10.4 Å². The molecule has 0 radical (unpaired) electrons. The van der Waals surface area contributed by atoms with E-state index >= 15 is 0 Å². The lowest BCUT2D eigenvalue weighted by molar-refractivity contribution is 0.0698. The van der Waals surface area contributed by atoms with Gasteiger partial charge in [0.05, 0.1) is 22.5 Å². The van der Waals surface area contributed by atoms with Gasteiger partial charge in [-0.2, -0.15) is 0 Å². The number of fused-ring (bicyclic) bond motifs is 1. The van der Waals surface area contributed by atoms with Crippen LogP contribution in [0.15, 0.2) is 47.5 Å². The Balaban J connectivity index is 2.19. The van der Waals surface area contributed by atoms with Crippen molar-refractivity contribution in [3.8, 4) is 0 Å². The molecule has 0 amide bonds. The highest BCUT2D eigenvalue weighted by atomic mass is 35.5. The topological polar surface area (TPSA) is 62.2 Å². The van der Waals surface area contributed by atoms with E-state index in [0.29, 0.717) is 21.3 Å². The first kappa shape index (κ1) is 15.7. The fourth-order valence-corrected chi connectivity index (χ4v) is 2.77. The molecule has 0 spiro atoms. The normalized spacial score (nSPS) is 10.7. The number of nitrogens with zero attached hydrogens (tertiary/aromatic N) is 1. The molecule has 0 aliphatic heterocycles. The Labute approximate surface area is 144 Å². The van der Waals surface area contributed by atoms with Crippen LogP contribution in [0.4, 0.5) is 11.4 Å². The predicted molar refractivity (Wildman–Crippen MR) is 98.9 cm³/mol. The fraction of sp³-hybridized carbons (Fsp3) is 0. The fourth-order valence-electron chi connectivity index (χ4n) is 2.37. The molecule has 0 atom stereocenters. The van der Waals surface area contributed by atoms with Crippen molar-refractivity contribution in [1.29, 1.82) is 0 Å². The molecule has 0 saturated heterocycles. The second-order valence-electron chi connectivity index (χ2n) is 5.16. The van der Waals surface area contributed by atoms with Crippen molar-refractivity contribution < 1.29 is 9.90 Å². The lowest BCUT2D eigenvalue weighted by Gasteiger charge is -2.15. The van der Waals surface area contributed by atoms with Gasteiger partial charge in [-0.3, -0.25) is 4.98 Å². The van der Waals surface area contributed by atoms with Crippen LogP contribution in [-0.4, -0.2) is 23.9 Å². The molecule has 4 nitrogen and oxygen atoms in total. The highest BCUT2D eigenvalue weighted by Crippen LogP contribution is 2.33. The maximum atomic E-state index is 11.4. The third-order valence-electron chi connectivity index (χ3n) is 3.48. The van der Waals surface area contributed by atoms with Crippen LogP contribution in [0.3, 0.4) is 0 Å². The van der Waals surface area contributed by atoms with Crippen LogP contribution in [0.5, 0.6) is 0 Å². The molecule has 1 aromatic heterocycles. The molecule has 3 aromatic rings. The van der Waals surface area contributed by atoms with E-state index in [2.05, 4.69) is 22.9 Å². The van der Waals surface area contributed by atoms with Gasteiger partial charge in [0.1, 0.15) is 7.85 Å². The maximum absolute atomic E-state index is 11.4. The number of anilines is 2. The van der Waals surface area contributed by atoms with Crippen LogP contribution < -0.4 is 10.8 Å². The number of pyridine rings is 1. The third-order valence-corrected chi connectivity index (χ3v) is 4.05. The van der Waals surface area contributed by atoms with Crippen molar-refractivity contribution in [2.24, 2.45) is 0 Å². The average Bonchev–Trinajstić information content (AvgIpc) is 2.50. The molecule has 0 unspecified atom stereocenters. The van der Waals surface area contributed by atoms with Crippen molar-refractivity contribution in [1.82, 2.24) is 4.98 Å². The number of benzene rings is 2. The summed E-state index contributed by atoms with van der Waals surface area (Å²) in [6, 6.07) is 10.5. The molecule has 0 fully saturated rings. The van der Waals surface area contributed by atoms with Gasteiger partial charge in [-0.25, -0.2) is 4.79 Å². The van der Waals surface area contributed by atoms with Crippen LogP contribution in [-0.2, 0) is 0 Å². The molecule has 0 aliphatic rings. The Morgan fingerprint density at radius 3 is 2.78 bits per heavy atom. The molecule has 3 rings (SSSR count). The number of nitrogens with one attached hydrogen (secondary N) is 1. The van der Waals surface area contributed by atoms with Gasteiger partial charge in [0.25, 0.3) is 0 Å². The van der Waals surface area contributed by atoms with Gasteiger partial charge >= 0.3 is 5.97 Å². The third kappa shape index (κ3) is 3.13. The van der Waals surface area contributed by atoms with Crippen molar-refractivity contribution in [3.63, 3.8) is 0 Å². The molecular weight excluding hydrogens is 331 g/mol. The Morgan fingerprint density at radius 2 is 2.04 bits per heavy atom. The largest absolute Gasteiger partial charge is 0.478 e. The van der Waals surface area contributed by atoms with E-state index in [-0.39, 0.29) is 5.56 Å². The maximum Gasteiger partial charge on any atom is 0.337 e. The second kappa shape index (κ2) is 6.14. The zero-order valence-electron chi connectivity index (χ0n) is 12.2. The van der Waals surface area contributed by atoms with E-state index in [4.69, 9.17) is 11.6 Å². The zero-order valence-corrected chi connectivity index (χ0v) is 13.8. The summed E-state index contributed by atoms with van der Waals surface area (Å²) in [5.41, 5.74) is 3.07. The summed E-state index contributed by atoms with van der Waals surface area (Å²) in [5.74, 6) is -0.996. The first-order valence-corrected chi connectivity index (χ1v) is 7.66. The van der Waals surface area contributed by atoms with E-state index in [1.54, 1.807) is 36.5 Å². The summed E-state index contributed by atoms with van der Waals surface area (Å²) < 4.78 is 0. The number of hydrogen-bond acceptors (Lipinski definition) is 4. The van der Waals surface area contributed by atoms with Gasteiger partial charge in [-0.1, -0.05) is 23.1 Å². The van der Waals surface area contributed by atoms with E-state index in [1.807, 2.05) is 13.9 Å². The van der Waals surface area contributed by atoms with Gasteiger partial charge in [0.2, 0.25) is 0 Å². The molecule has 0 aliphatic carbocycles. The lowest BCUT2D eigenvalue weighted by atomic mass is 9.94. The lowest BCUT2D eigenvalue weighted by Crippen LogP contribution is -2.09. The van der Waals surface area contributed by atoms with E-state index < -0.39 is 5.97 Å². The minimum Gasteiger partial charge on any atom is -0.478 e. The van der Waals surface area contributed by atoms with E-state index in [1.165, 1.54) is 0 Å². The monoisotopic (exact) mass is 342 g/mol. The number of rotatable bonds is 3. The smallest absolute Gasteiger partial charge is 0.337 e. The number of hydrogen-bond donors (Lipinski definition) is 3. The number of aromatic nitrogens is 1. The SMILES string of the molecule is Bc1ccc(C(=O)O)c(Nc2c(S)cnc3ccc(Cl)cc23)c1. The molecule has 23 heavy (non-hydrogen) atoms. The minimum absolute atomic E-state index is 0.190. The molecule has 114 valence electrons. The zero-order chi connectivity index (χ0) is 16.6. The highest BCUT2D eigenvalue weighted by Gasteiger charge is 2.13. The van der Waals surface area contributed by atoms with Crippen LogP contribution >= 0.6 is 24.2 Å². The average molecular weight is 343 g/mol. The molecule has 7 heteroatoms. The molecule has 1 heterocycles. The minimum atomic E-state index is -0.996. The molecule has 0 saturated carbocycles. The molecule has 0 bridgehead atoms. The van der Waals surface area contributed by atoms with Gasteiger partial charge in [0, 0.05) is 21.5 Å². The first-order valence-electron chi connectivity index (χ1n) is 6.84. The van der Waals surface area contributed by atoms with E-state index in [0.717, 1.165) is 16.4 Å². The van der Waals surface area contributed by atoms with Crippen molar-refractivity contribution in [3.05, 3.63) is 53.2 Å². The quantitative estimate of drug-likeness (QED) is 0.506. The van der Waals surface area contributed by atoms with Gasteiger partial charge in [-0.15, -0.1) is 12.6 Å². The summed E-state index contributed by atoms with van der Waals surface area (Å²) in [6.07, 6.45) is 1.62. The van der Waals surface area contributed by atoms with Crippen LogP contribution in [0.25, 0.3) is 10.9 Å². The molecule has 2 N–H and O–H groups in total. The number of carboxylic acid groups (broad SMARTS) is 1. The number of carbonyl (C=O) groups is 1. The predicted octanol–water partition coefficient (Wildman–Crippen LogP) is 2.88. The Hall–Kier alpha value is -2.18. The van der Waals surface area contributed by atoms with Gasteiger partial charge in [0.15, 0.2) is 0 Å². The Kier molecular flexibility index (Phi) is 4.19. The van der Waals surface area contributed by atoms with Crippen molar-refractivity contribution >= 4 is 65.8 Å². The molecule has 2 aromatic carbocycles. The van der Waals surface area contributed by atoms with Gasteiger partial charge < -0.3 is 10.4 Å². The van der Waals surface area contributed by atoms with E-state index in [9.17, 15) is 9.90 Å². The number of thiol groups is 1. The number of aromatic carboxylic acids is 1. The number of halogens is 1. The van der Waals surface area contributed by atoms with Crippen LogP contribution in [0, 0.1) is 0 Å². The molecular formula is C16H12BClN2O2S. The van der Waals surface area contributed by atoms with Crippen LogP contribution in [0.2, 0.25) is 5.02 Å².